The number of rotatable bonds is 8. The Kier molecular flexibility index (Phi) is 6.45. The molecular formula is C13H19N3O3S. The maximum absolute atomic E-state index is 11.6. The molecule has 20 heavy (non-hydrogen) atoms. The summed E-state index contributed by atoms with van der Waals surface area (Å²) in [4.78, 5) is 13.9. The van der Waals surface area contributed by atoms with Crippen LogP contribution in [0.1, 0.15) is 22.2 Å². The molecule has 6 nitrogen and oxygen atoms in total. The van der Waals surface area contributed by atoms with E-state index in [4.69, 9.17) is 15.2 Å². The topological polar surface area (TPSA) is 88.6 Å². The lowest BCUT2D eigenvalue weighted by molar-refractivity contribution is 0.102. The highest BCUT2D eigenvalue weighted by Crippen LogP contribution is 2.37. The summed E-state index contributed by atoms with van der Waals surface area (Å²) in [6, 6.07) is 2.08. The van der Waals surface area contributed by atoms with Gasteiger partial charge in [-0.3, -0.25) is 4.79 Å². The standard InChI is InChI=1S/C13H19N3O3S/c1-9(17)12-11(15)10(8-14)13(20-12)16(4-6-18-2)5-7-19-3/h4-7,15H2,1-3H3. The minimum atomic E-state index is -0.131. The molecule has 0 aromatic carbocycles. The normalized spacial score (nSPS) is 10.3. The molecule has 0 aliphatic carbocycles. The van der Waals surface area contributed by atoms with E-state index in [1.165, 1.54) is 18.3 Å². The molecule has 0 saturated carbocycles. The molecule has 0 spiro atoms. The number of hydrogen-bond acceptors (Lipinski definition) is 7. The van der Waals surface area contributed by atoms with Crippen molar-refractivity contribution in [3.8, 4) is 6.07 Å². The van der Waals surface area contributed by atoms with E-state index in [0.717, 1.165) is 0 Å². The number of nitrogens with two attached hydrogens (primary N) is 1. The van der Waals surface area contributed by atoms with Crippen LogP contribution in [0.2, 0.25) is 0 Å². The van der Waals surface area contributed by atoms with E-state index in [9.17, 15) is 10.1 Å². The molecule has 7 heteroatoms. The molecule has 1 heterocycles. The van der Waals surface area contributed by atoms with Crippen LogP contribution in [0.25, 0.3) is 0 Å². The van der Waals surface area contributed by atoms with E-state index in [1.54, 1.807) is 14.2 Å². The predicted octanol–water partition coefficient (Wildman–Crippen LogP) is 1.50. The molecule has 0 fully saturated rings. The Balaban J connectivity index is 3.14. The van der Waals surface area contributed by atoms with Crippen molar-refractivity contribution in [1.82, 2.24) is 0 Å². The third-order valence-electron chi connectivity index (χ3n) is 2.78. The van der Waals surface area contributed by atoms with Crippen LogP contribution in [0.5, 0.6) is 0 Å². The van der Waals surface area contributed by atoms with E-state index >= 15 is 0 Å². The molecule has 1 aromatic heterocycles. The highest BCUT2D eigenvalue weighted by atomic mass is 32.1. The first-order valence-corrected chi connectivity index (χ1v) is 6.94. The lowest BCUT2D eigenvalue weighted by Crippen LogP contribution is -2.30. The largest absolute Gasteiger partial charge is 0.396 e. The Bertz CT molecular complexity index is 500. The van der Waals surface area contributed by atoms with E-state index in [-0.39, 0.29) is 11.5 Å². The quantitative estimate of drug-likeness (QED) is 0.732. The van der Waals surface area contributed by atoms with Crippen LogP contribution in [0.15, 0.2) is 0 Å². The number of methoxy groups -OCH3 is 2. The third-order valence-corrected chi connectivity index (χ3v) is 4.14. The Labute approximate surface area is 122 Å². The third kappa shape index (κ3) is 3.70. The summed E-state index contributed by atoms with van der Waals surface area (Å²) in [5, 5.41) is 9.97. The molecule has 0 aliphatic heterocycles. The van der Waals surface area contributed by atoms with Crippen LogP contribution in [-0.4, -0.2) is 46.3 Å². The van der Waals surface area contributed by atoms with Crippen LogP contribution < -0.4 is 10.6 Å². The number of nitrogens with zero attached hydrogens (tertiary/aromatic N) is 2. The van der Waals surface area contributed by atoms with Gasteiger partial charge in [0.25, 0.3) is 0 Å². The number of nitrogen functional groups attached to an aromatic ring is 1. The summed E-state index contributed by atoms with van der Waals surface area (Å²) in [5.41, 5.74) is 6.51. The summed E-state index contributed by atoms with van der Waals surface area (Å²) in [6.45, 7) is 3.68. The van der Waals surface area contributed by atoms with Gasteiger partial charge in [0.2, 0.25) is 0 Å². The van der Waals surface area contributed by atoms with Crippen molar-refractivity contribution in [3.05, 3.63) is 10.4 Å². The van der Waals surface area contributed by atoms with E-state index < -0.39 is 0 Å². The molecular weight excluding hydrogens is 278 g/mol. The second kappa shape index (κ2) is 7.85. The molecule has 110 valence electrons. The zero-order valence-corrected chi connectivity index (χ0v) is 12.7. The van der Waals surface area contributed by atoms with Gasteiger partial charge < -0.3 is 20.1 Å². The zero-order valence-electron chi connectivity index (χ0n) is 11.9. The Morgan fingerprint density at radius 3 is 2.30 bits per heavy atom. The smallest absolute Gasteiger partial charge is 0.171 e. The molecule has 1 aromatic rings. The number of ether oxygens (including phenoxy) is 2. The molecule has 0 aliphatic rings. The lowest BCUT2D eigenvalue weighted by Gasteiger charge is -2.22. The van der Waals surface area contributed by atoms with Gasteiger partial charge in [0, 0.05) is 34.2 Å². The Morgan fingerprint density at radius 2 is 1.90 bits per heavy atom. The maximum atomic E-state index is 11.6. The molecule has 0 saturated heterocycles. The highest BCUT2D eigenvalue weighted by molar-refractivity contribution is 7.19. The van der Waals surface area contributed by atoms with Gasteiger partial charge in [-0.15, -0.1) is 11.3 Å². The predicted molar refractivity (Wildman–Crippen MR) is 79.4 cm³/mol. The number of thiophene rings is 1. The van der Waals surface area contributed by atoms with E-state index in [1.807, 2.05) is 4.90 Å². The fourth-order valence-corrected chi connectivity index (χ4v) is 2.86. The summed E-state index contributed by atoms with van der Waals surface area (Å²) in [7, 11) is 3.23. The number of Topliss-reactive ketones (excluding diaryl/α,β-unsaturated/α-hetero) is 1. The average Bonchev–Trinajstić information content (AvgIpc) is 2.76. The van der Waals surface area contributed by atoms with Gasteiger partial charge in [0.05, 0.1) is 23.8 Å². The monoisotopic (exact) mass is 297 g/mol. The van der Waals surface area contributed by atoms with Crippen LogP contribution >= 0.6 is 11.3 Å². The number of carbonyl (C=O) groups is 1. The number of hydrogen-bond donors (Lipinski definition) is 1. The maximum Gasteiger partial charge on any atom is 0.171 e. The molecule has 0 radical (unpaired) electrons. The average molecular weight is 297 g/mol. The van der Waals surface area contributed by atoms with Gasteiger partial charge in [-0.05, 0) is 0 Å². The fraction of sp³-hybridized carbons (Fsp3) is 0.538. The summed E-state index contributed by atoms with van der Waals surface area (Å²) < 4.78 is 10.1. The number of carbonyl (C=O) groups excluding carboxylic acids is 1. The van der Waals surface area contributed by atoms with Crippen LogP contribution in [0.4, 0.5) is 10.7 Å². The Hall–Kier alpha value is -1.62. The Morgan fingerprint density at radius 1 is 1.35 bits per heavy atom. The van der Waals surface area contributed by atoms with E-state index in [0.29, 0.717) is 41.7 Å². The molecule has 1 rings (SSSR count). The SMILES string of the molecule is COCCN(CCOC)c1sc(C(C)=O)c(N)c1C#N. The zero-order chi connectivity index (χ0) is 15.1. The van der Waals surface area contributed by atoms with Crippen molar-refractivity contribution in [2.24, 2.45) is 0 Å². The van der Waals surface area contributed by atoms with Gasteiger partial charge in [-0.2, -0.15) is 5.26 Å². The van der Waals surface area contributed by atoms with Crippen molar-refractivity contribution >= 4 is 27.8 Å². The van der Waals surface area contributed by atoms with Crippen molar-refractivity contribution in [2.75, 3.05) is 51.2 Å². The van der Waals surface area contributed by atoms with Crippen LogP contribution in [-0.2, 0) is 9.47 Å². The van der Waals surface area contributed by atoms with Crippen molar-refractivity contribution in [1.29, 1.82) is 5.26 Å². The summed E-state index contributed by atoms with van der Waals surface area (Å²) in [5.74, 6) is -0.131. The molecule has 0 unspecified atom stereocenters. The van der Waals surface area contributed by atoms with Crippen molar-refractivity contribution in [2.45, 2.75) is 6.92 Å². The van der Waals surface area contributed by atoms with Crippen LogP contribution in [0.3, 0.4) is 0 Å². The number of nitriles is 1. The minimum absolute atomic E-state index is 0.131. The van der Waals surface area contributed by atoms with Crippen molar-refractivity contribution in [3.63, 3.8) is 0 Å². The summed E-state index contributed by atoms with van der Waals surface area (Å²) >= 11 is 1.25. The van der Waals surface area contributed by atoms with Gasteiger partial charge >= 0.3 is 0 Å². The first kappa shape index (κ1) is 16.4. The molecule has 2 N–H and O–H groups in total. The molecule has 0 atom stereocenters. The second-order valence-electron chi connectivity index (χ2n) is 4.17. The molecule has 0 bridgehead atoms. The van der Waals surface area contributed by atoms with Gasteiger partial charge in [-0.25, -0.2) is 0 Å². The lowest BCUT2D eigenvalue weighted by atomic mass is 10.2. The number of ketones is 1. The first-order chi connectivity index (χ1) is 9.56. The number of anilines is 2. The summed E-state index contributed by atoms with van der Waals surface area (Å²) in [6.07, 6.45) is 0. The highest BCUT2D eigenvalue weighted by Gasteiger charge is 2.22. The van der Waals surface area contributed by atoms with Gasteiger partial charge in [-0.1, -0.05) is 0 Å². The minimum Gasteiger partial charge on any atom is -0.396 e. The van der Waals surface area contributed by atoms with Gasteiger partial charge in [0.1, 0.15) is 16.6 Å². The molecule has 0 amide bonds. The van der Waals surface area contributed by atoms with Gasteiger partial charge in [0.15, 0.2) is 5.78 Å². The second-order valence-corrected chi connectivity index (χ2v) is 5.16. The van der Waals surface area contributed by atoms with Crippen molar-refractivity contribution < 1.29 is 14.3 Å². The van der Waals surface area contributed by atoms with Crippen LogP contribution in [0, 0.1) is 11.3 Å². The fourth-order valence-electron chi connectivity index (χ4n) is 1.74. The van der Waals surface area contributed by atoms with E-state index in [2.05, 4.69) is 6.07 Å². The first-order valence-electron chi connectivity index (χ1n) is 6.12.